The Bertz CT molecular complexity index is 1090. The molecule has 2 heterocycles. The van der Waals surface area contributed by atoms with Crippen LogP contribution in [0, 0.1) is 6.92 Å². The molecule has 0 aliphatic heterocycles. The lowest BCUT2D eigenvalue weighted by atomic mass is 10.1. The first-order valence-electron chi connectivity index (χ1n) is 9.13. The number of furan rings is 1. The zero-order valence-corrected chi connectivity index (χ0v) is 17.4. The maximum absolute atomic E-state index is 12.8. The highest BCUT2D eigenvalue weighted by atomic mass is 32.1. The van der Waals surface area contributed by atoms with Crippen molar-refractivity contribution in [2.75, 3.05) is 12.4 Å². The van der Waals surface area contributed by atoms with Crippen LogP contribution in [0.25, 0.3) is 0 Å². The first-order chi connectivity index (χ1) is 14.9. The van der Waals surface area contributed by atoms with Crippen molar-refractivity contribution in [2.24, 2.45) is 0 Å². The van der Waals surface area contributed by atoms with Crippen LogP contribution in [0.3, 0.4) is 0 Å². The van der Waals surface area contributed by atoms with E-state index in [1.165, 1.54) is 19.4 Å². The Morgan fingerprint density at radius 3 is 2.45 bits per heavy atom. The number of rotatable bonds is 6. The van der Waals surface area contributed by atoms with E-state index in [4.69, 9.17) is 9.15 Å². The highest BCUT2D eigenvalue weighted by Crippen LogP contribution is 2.30. The highest BCUT2D eigenvalue weighted by molar-refractivity contribution is 7.18. The second-order valence-electron chi connectivity index (χ2n) is 6.32. The molecule has 1 aromatic carbocycles. The molecule has 31 heavy (non-hydrogen) atoms. The largest absolute Gasteiger partial charge is 0.459 e. The maximum Gasteiger partial charge on any atom is 0.349 e. The molecule has 0 aliphatic rings. The van der Waals surface area contributed by atoms with Crippen molar-refractivity contribution in [3.63, 3.8) is 0 Å². The summed E-state index contributed by atoms with van der Waals surface area (Å²) < 4.78 is 10.5. The third kappa shape index (κ3) is 5.37. The van der Waals surface area contributed by atoms with Gasteiger partial charge in [0, 0.05) is 12.6 Å². The van der Waals surface area contributed by atoms with Crippen LogP contribution in [0.15, 0.2) is 59.2 Å². The standard InChI is InChI=1S/C21H19N3O6S/c1-12-11-15(23-18(25)14-9-6-10-29-14)31-17(12)20(27)30-16(13-7-4-3-5-8-13)19(26)24-21(28)22-2/h3-11,16H,1-2H3,(H,23,25)(H2,22,24,26,28). The number of carbonyl (C=O) groups excluding carboxylic acids is 4. The Kier molecular flexibility index (Phi) is 6.83. The summed E-state index contributed by atoms with van der Waals surface area (Å²) in [4.78, 5) is 49.2. The van der Waals surface area contributed by atoms with E-state index < -0.39 is 29.9 Å². The van der Waals surface area contributed by atoms with Gasteiger partial charge in [0.1, 0.15) is 4.88 Å². The van der Waals surface area contributed by atoms with Crippen LogP contribution in [0.4, 0.5) is 9.80 Å². The molecule has 0 aliphatic carbocycles. The lowest BCUT2D eigenvalue weighted by Gasteiger charge is -2.17. The van der Waals surface area contributed by atoms with Gasteiger partial charge in [-0.2, -0.15) is 0 Å². The van der Waals surface area contributed by atoms with E-state index in [2.05, 4.69) is 16.0 Å². The molecule has 0 fully saturated rings. The number of aryl methyl sites for hydroxylation is 1. The predicted octanol–water partition coefficient (Wildman–Crippen LogP) is 3.26. The number of thiophene rings is 1. The Hall–Kier alpha value is -3.92. The Balaban J connectivity index is 1.78. The van der Waals surface area contributed by atoms with Crippen molar-refractivity contribution >= 4 is 40.2 Å². The van der Waals surface area contributed by atoms with Gasteiger partial charge in [-0.1, -0.05) is 30.3 Å². The third-order valence-corrected chi connectivity index (χ3v) is 5.25. The summed E-state index contributed by atoms with van der Waals surface area (Å²) >= 11 is 1.00. The first kappa shape index (κ1) is 21.8. The number of benzene rings is 1. The van der Waals surface area contributed by atoms with Gasteiger partial charge < -0.3 is 19.8 Å². The number of hydrogen-bond donors (Lipinski definition) is 3. The molecule has 3 N–H and O–H groups in total. The van der Waals surface area contributed by atoms with Crippen LogP contribution in [-0.2, 0) is 9.53 Å². The summed E-state index contributed by atoms with van der Waals surface area (Å²) in [6.45, 7) is 1.68. The van der Waals surface area contributed by atoms with Gasteiger partial charge in [0.05, 0.1) is 11.3 Å². The average Bonchev–Trinajstić information content (AvgIpc) is 3.42. The van der Waals surface area contributed by atoms with Crippen molar-refractivity contribution < 1.29 is 28.3 Å². The molecule has 160 valence electrons. The van der Waals surface area contributed by atoms with Gasteiger partial charge in [-0.15, -0.1) is 11.3 Å². The summed E-state index contributed by atoms with van der Waals surface area (Å²) in [6, 6.07) is 12.3. The molecule has 1 unspecified atom stereocenters. The molecular formula is C21H19N3O6S. The molecule has 4 amide bonds. The van der Waals surface area contributed by atoms with Crippen molar-refractivity contribution in [3.05, 3.63) is 76.6 Å². The summed E-state index contributed by atoms with van der Waals surface area (Å²) in [5.74, 6) is -1.88. The fourth-order valence-electron chi connectivity index (χ4n) is 2.63. The molecule has 1 atom stereocenters. The van der Waals surface area contributed by atoms with Crippen molar-refractivity contribution in [2.45, 2.75) is 13.0 Å². The fraction of sp³-hybridized carbons (Fsp3) is 0.143. The number of imide groups is 1. The second kappa shape index (κ2) is 9.72. The van der Waals surface area contributed by atoms with Gasteiger partial charge in [0.15, 0.2) is 5.76 Å². The summed E-state index contributed by atoms with van der Waals surface area (Å²) in [6.07, 6.45) is 0.0407. The predicted molar refractivity (Wildman–Crippen MR) is 113 cm³/mol. The number of carbonyl (C=O) groups is 4. The fourth-order valence-corrected chi connectivity index (χ4v) is 3.58. The normalized spacial score (nSPS) is 11.3. The van der Waals surface area contributed by atoms with Gasteiger partial charge in [0.25, 0.3) is 11.8 Å². The number of urea groups is 1. The van der Waals surface area contributed by atoms with Crippen LogP contribution in [0.1, 0.15) is 37.5 Å². The molecular weight excluding hydrogens is 422 g/mol. The summed E-state index contributed by atoms with van der Waals surface area (Å²) in [5, 5.41) is 7.45. The minimum atomic E-state index is -1.34. The molecule has 0 saturated heterocycles. The molecule has 10 heteroatoms. The Morgan fingerprint density at radius 1 is 1.06 bits per heavy atom. The summed E-state index contributed by atoms with van der Waals surface area (Å²) in [5.41, 5.74) is 0.959. The number of hydrogen-bond acceptors (Lipinski definition) is 7. The molecule has 0 radical (unpaired) electrons. The van der Waals surface area contributed by atoms with Gasteiger partial charge in [0.2, 0.25) is 6.10 Å². The van der Waals surface area contributed by atoms with E-state index >= 15 is 0 Å². The van der Waals surface area contributed by atoms with Crippen LogP contribution in [-0.4, -0.2) is 30.9 Å². The third-order valence-electron chi connectivity index (χ3n) is 4.11. The lowest BCUT2D eigenvalue weighted by molar-refractivity contribution is -0.129. The highest BCUT2D eigenvalue weighted by Gasteiger charge is 2.28. The number of anilines is 1. The number of esters is 1. The molecule has 0 spiro atoms. The zero-order valence-electron chi connectivity index (χ0n) is 16.6. The van der Waals surface area contributed by atoms with E-state index in [0.29, 0.717) is 16.1 Å². The van der Waals surface area contributed by atoms with Gasteiger partial charge in [-0.25, -0.2) is 9.59 Å². The van der Waals surface area contributed by atoms with Crippen LogP contribution in [0.2, 0.25) is 0 Å². The molecule has 9 nitrogen and oxygen atoms in total. The van der Waals surface area contributed by atoms with Crippen LogP contribution in [0.5, 0.6) is 0 Å². The summed E-state index contributed by atoms with van der Waals surface area (Å²) in [7, 11) is 1.36. The van der Waals surface area contributed by atoms with E-state index in [-0.39, 0.29) is 10.6 Å². The first-order valence-corrected chi connectivity index (χ1v) is 9.94. The van der Waals surface area contributed by atoms with Gasteiger partial charge in [-0.3, -0.25) is 14.9 Å². The van der Waals surface area contributed by atoms with E-state index in [1.807, 2.05) is 0 Å². The van der Waals surface area contributed by atoms with Crippen LogP contribution < -0.4 is 16.0 Å². The number of amides is 4. The topological polar surface area (TPSA) is 127 Å². The van der Waals surface area contributed by atoms with Gasteiger partial charge >= 0.3 is 12.0 Å². The quantitative estimate of drug-likeness (QED) is 0.504. The maximum atomic E-state index is 12.8. The Morgan fingerprint density at radius 2 is 1.81 bits per heavy atom. The monoisotopic (exact) mass is 441 g/mol. The molecule has 0 saturated carbocycles. The number of nitrogens with one attached hydrogen (secondary N) is 3. The van der Waals surface area contributed by atoms with E-state index in [1.54, 1.807) is 49.4 Å². The molecule has 3 aromatic rings. The SMILES string of the molecule is CNC(=O)NC(=O)C(OC(=O)c1sc(NC(=O)c2ccco2)cc1C)c1ccccc1. The Labute approximate surface area is 181 Å². The molecule has 3 rings (SSSR count). The molecule has 0 bridgehead atoms. The van der Waals surface area contributed by atoms with Crippen molar-refractivity contribution in [1.29, 1.82) is 0 Å². The van der Waals surface area contributed by atoms with Gasteiger partial charge in [-0.05, 0) is 30.7 Å². The lowest BCUT2D eigenvalue weighted by Crippen LogP contribution is -2.41. The van der Waals surface area contributed by atoms with Crippen LogP contribution >= 0.6 is 11.3 Å². The van der Waals surface area contributed by atoms with E-state index in [9.17, 15) is 19.2 Å². The average molecular weight is 441 g/mol. The smallest absolute Gasteiger partial charge is 0.349 e. The number of ether oxygens (including phenoxy) is 1. The minimum Gasteiger partial charge on any atom is -0.459 e. The van der Waals surface area contributed by atoms with Crippen molar-refractivity contribution in [1.82, 2.24) is 10.6 Å². The van der Waals surface area contributed by atoms with E-state index in [0.717, 1.165) is 11.3 Å². The minimum absolute atomic E-state index is 0.130. The van der Waals surface area contributed by atoms with Crippen molar-refractivity contribution in [3.8, 4) is 0 Å². The zero-order chi connectivity index (χ0) is 22.4. The second-order valence-corrected chi connectivity index (χ2v) is 7.37. The molecule has 2 aromatic heterocycles.